The Morgan fingerprint density at radius 3 is 3.10 bits per heavy atom. The second kappa shape index (κ2) is 5.59. The van der Waals surface area contributed by atoms with Crippen molar-refractivity contribution in [2.45, 2.75) is 32.4 Å². The van der Waals surface area contributed by atoms with Crippen LogP contribution in [0.25, 0.3) is 0 Å². The number of carbonyl (C=O) groups is 1. The van der Waals surface area contributed by atoms with Crippen molar-refractivity contribution in [3.05, 3.63) is 53.3 Å². The Morgan fingerprint density at radius 1 is 1.45 bits per heavy atom. The highest BCUT2D eigenvalue weighted by Crippen LogP contribution is 2.28. The molecule has 4 nitrogen and oxygen atoms in total. The number of fused-ring (bicyclic) bond motifs is 1. The lowest BCUT2D eigenvalue weighted by atomic mass is 9.93. The summed E-state index contributed by atoms with van der Waals surface area (Å²) < 4.78 is 7.53. The molecule has 0 spiro atoms. The highest BCUT2D eigenvalue weighted by atomic mass is 16.5. The van der Waals surface area contributed by atoms with Gasteiger partial charge in [-0.3, -0.25) is 9.48 Å². The highest BCUT2D eigenvalue weighted by Gasteiger charge is 2.27. The maximum Gasteiger partial charge on any atom is 0.170 e. The Morgan fingerprint density at radius 2 is 2.30 bits per heavy atom. The van der Waals surface area contributed by atoms with E-state index >= 15 is 0 Å². The number of aryl methyl sites for hydroxylation is 1. The summed E-state index contributed by atoms with van der Waals surface area (Å²) in [6.07, 6.45) is 4.51. The van der Waals surface area contributed by atoms with E-state index in [1.54, 1.807) is 6.20 Å². The summed E-state index contributed by atoms with van der Waals surface area (Å²) >= 11 is 0. The maximum absolute atomic E-state index is 12.5. The summed E-state index contributed by atoms with van der Waals surface area (Å²) in [5, 5.41) is 4.20. The van der Waals surface area contributed by atoms with Crippen LogP contribution in [-0.2, 0) is 28.9 Å². The second-order valence-electron chi connectivity index (χ2n) is 5.05. The molecular formula is C16H18N2O2. The number of aromatic nitrogens is 2. The fraction of sp³-hybridized carbons (Fsp3) is 0.375. The molecule has 0 amide bonds. The minimum absolute atomic E-state index is 0.104. The lowest BCUT2D eigenvalue weighted by molar-refractivity contribution is -0.131. The Labute approximate surface area is 118 Å². The first-order valence-electron chi connectivity index (χ1n) is 7.01. The van der Waals surface area contributed by atoms with Crippen molar-refractivity contribution < 1.29 is 9.53 Å². The number of rotatable bonds is 4. The molecule has 0 fully saturated rings. The SMILES string of the molecule is CCn1cc(CC(=O)C2OCCc3ccccc32)cn1. The smallest absolute Gasteiger partial charge is 0.170 e. The van der Waals surface area contributed by atoms with Crippen molar-refractivity contribution in [2.24, 2.45) is 0 Å². The van der Waals surface area contributed by atoms with Gasteiger partial charge in [-0.15, -0.1) is 0 Å². The van der Waals surface area contributed by atoms with Crippen LogP contribution in [0, 0.1) is 0 Å². The van der Waals surface area contributed by atoms with Crippen molar-refractivity contribution in [3.63, 3.8) is 0 Å². The molecule has 104 valence electrons. The molecule has 1 atom stereocenters. The summed E-state index contributed by atoms with van der Waals surface area (Å²) in [5.41, 5.74) is 3.19. The van der Waals surface area contributed by atoms with E-state index in [1.165, 1.54) is 5.56 Å². The molecule has 2 aromatic rings. The molecule has 1 aliphatic heterocycles. The first-order valence-corrected chi connectivity index (χ1v) is 7.01. The van der Waals surface area contributed by atoms with Gasteiger partial charge in [-0.1, -0.05) is 24.3 Å². The summed E-state index contributed by atoms with van der Waals surface area (Å²) in [6.45, 7) is 3.46. The first kappa shape index (κ1) is 13.1. The number of hydrogen-bond acceptors (Lipinski definition) is 3. The van der Waals surface area contributed by atoms with Crippen molar-refractivity contribution in [3.8, 4) is 0 Å². The zero-order valence-corrected chi connectivity index (χ0v) is 11.6. The van der Waals surface area contributed by atoms with E-state index in [1.807, 2.05) is 36.0 Å². The average Bonchev–Trinajstić information content (AvgIpc) is 2.94. The molecule has 1 unspecified atom stereocenters. The van der Waals surface area contributed by atoms with Crippen LogP contribution in [0.15, 0.2) is 36.7 Å². The van der Waals surface area contributed by atoms with Gasteiger partial charge in [-0.2, -0.15) is 5.10 Å². The summed E-state index contributed by atoms with van der Waals surface area (Å²) in [6, 6.07) is 8.04. The number of benzene rings is 1. The third-order valence-electron chi connectivity index (χ3n) is 3.67. The summed E-state index contributed by atoms with van der Waals surface area (Å²) in [5.74, 6) is 0.104. The fourth-order valence-corrected chi connectivity index (χ4v) is 2.63. The van der Waals surface area contributed by atoms with Crippen LogP contribution in [-0.4, -0.2) is 22.2 Å². The highest BCUT2D eigenvalue weighted by molar-refractivity contribution is 5.86. The molecule has 0 saturated carbocycles. The van der Waals surface area contributed by atoms with E-state index in [2.05, 4.69) is 11.2 Å². The largest absolute Gasteiger partial charge is 0.365 e. The van der Waals surface area contributed by atoms with E-state index in [0.29, 0.717) is 13.0 Å². The van der Waals surface area contributed by atoms with Gasteiger partial charge in [0.1, 0.15) is 6.10 Å². The summed E-state index contributed by atoms with van der Waals surface area (Å²) in [7, 11) is 0. The molecule has 4 heteroatoms. The zero-order valence-electron chi connectivity index (χ0n) is 11.6. The van der Waals surface area contributed by atoms with Gasteiger partial charge in [-0.05, 0) is 30.0 Å². The lowest BCUT2D eigenvalue weighted by Gasteiger charge is -2.24. The van der Waals surface area contributed by atoms with E-state index < -0.39 is 6.10 Å². The van der Waals surface area contributed by atoms with Crippen LogP contribution in [0.4, 0.5) is 0 Å². The van der Waals surface area contributed by atoms with Crippen LogP contribution in [0.1, 0.15) is 29.7 Å². The zero-order chi connectivity index (χ0) is 13.9. The van der Waals surface area contributed by atoms with Crippen LogP contribution >= 0.6 is 0 Å². The van der Waals surface area contributed by atoms with Gasteiger partial charge in [0.2, 0.25) is 0 Å². The van der Waals surface area contributed by atoms with Crippen LogP contribution < -0.4 is 0 Å². The van der Waals surface area contributed by atoms with Crippen molar-refractivity contribution in [2.75, 3.05) is 6.61 Å². The minimum Gasteiger partial charge on any atom is -0.365 e. The van der Waals surface area contributed by atoms with Crippen LogP contribution in [0.5, 0.6) is 0 Å². The molecular weight excluding hydrogens is 252 g/mol. The molecule has 3 rings (SSSR count). The predicted octanol–water partition coefficient (Wildman–Crippen LogP) is 2.33. The molecule has 20 heavy (non-hydrogen) atoms. The number of Topliss-reactive ketones (excluding diaryl/α,β-unsaturated/α-hetero) is 1. The van der Waals surface area contributed by atoms with Gasteiger partial charge >= 0.3 is 0 Å². The van der Waals surface area contributed by atoms with Gasteiger partial charge < -0.3 is 4.74 Å². The fourth-order valence-electron chi connectivity index (χ4n) is 2.63. The van der Waals surface area contributed by atoms with Gasteiger partial charge in [0.15, 0.2) is 5.78 Å². The van der Waals surface area contributed by atoms with Crippen molar-refractivity contribution in [1.82, 2.24) is 9.78 Å². The van der Waals surface area contributed by atoms with E-state index in [9.17, 15) is 4.79 Å². The number of hydrogen-bond donors (Lipinski definition) is 0. The maximum atomic E-state index is 12.5. The van der Waals surface area contributed by atoms with E-state index in [4.69, 9.17) is 4.74 Å². The number of nitrogens with zero attached hydrogens (tertiary/aromatic N) is 2. The quantitative estimate of drug-likeness (QED) is 0.856. The number of ether oxygens (including phenoxy) is 1. The van der Waals surface area contributed by atoms with Gasteiger partial charge in [0, 0.05) is 19.2 Å². The van der Waals surface area contributed by atoms with Crippen molar-refractivity contribution in [1.29, 1.82) is 0 Å². The Kier molecular flexibility index (Phi) is 3.65. The normalized spacial score (nSPS) is 17.8. The van der Waals surface area contributed by atoms with Crippen LogP contribution in [0.2, 0.25) is 0 Å². The first-order chi connectivity index (χ1) is 9.78. The average molecular weight is 270 g/mol. The van der Waals surface area contributed by atoms with Crippen LogP contribution in [0.3, 0.4) is 0 Å². The monoisotopic (exact) mass is 270 g/mol. The molecule has 1 aliphatic rings. The number of carbonyl (C=O) groups excluding carboxylic acids is 1. The molecule has 2 heterocycles. The Balaban J connectivity index is 1.78. The predicted molar refractivity (Wildman–Crippen MR) is 75.5 cm³/mol. The minimum atomic E-state index is -0.426. The number of ketones is 1. The topological polar surface area (TPSA) is 44.1 Å². The molecule has 0 aliphatic carbocycles. The molecule has 0 radical (unpaired) electrons. The Hall–Kier alpha value is -1.94. The molecule has 0 bridgehead atoms. The van der Waals surface area contributed by atoms with Gasteiger partial charge in [0.25, 0.3) is 0 Å². The Bertz CT molecular complexity index is 618. The third kappa shape index (κ3) is 2.51. The van der Waals surface area contributed by atoms with Gasteiger partial charge in [-0.25, -0.2) is 0 Å². The molecule has 0 saturated heterocycles. The molecule has 1 aromatic heterocycles. The van der Waals surface area contributed by atoms with Gasteiger partial charge in [0.05, 0.1) is 12.8 Å². The van der Waals surface area contributed by atoms with Crippen molar-refractivity contribution >= 4 is 5.78 Å². The lowest BCUT2D eigenvalue weighted by Crippen LogP contribution is -2.24. The molecule has 1 aromatic carbocycles. The van der Waals surface area contributed by atoms with E-state index in [0.717, 1.165) is 24.1 Å². The van der Waals surface area contributed by atoms with E-state index in [-0.39, 0.29) is 5.78 Å². The summed E-state index contributed by atoms with van der Waals surface area (Å²) in [4.78, 5) is 12.5. The second-order valence-corrected chi connectivity index (χ2v) is 5.05. The molecule has 0 N–H and O–H groups in total. The third-order valence-corrected chi connectivity index (χ3v) is 3.67. The standard InChI is InChI=1S/C16H18N2O2/c1-2-18-11-12(10-17-18)9-15(19)16-14-6-4-3-5-13(14)7-8-20-16/h3-6,10-11,16H,2,7-9H2,1H3.